The topological polar surface area (TPSA) is 58.6 Å². The minimum absolute atomic E-state index is 0.00584. The summed E-state index contributed by atoms with van der Waals surface area (Å²) in [6.45, 7) is 0. The second-order valence-electron chi connectivity index (χ2n) is 6.42. The molecule has 148 valence electrons. The monoisotopic (exact) mass is 478 g/mol. The Balaban J connectivity index is 1.60. The van der Waals surface area contributed by atoms with E-state index in [1.54, 1.807) is 30.3 Å². The van der Waals surface area contributed by atoms with Crippen molar-refractivity contribution in [2.45, 2.75) is 0 Å². The Morgan fingerprint density at radius 1 is 0.900 bits per heavy atom. The number of halogens is 1. The summed E-state index contributed by atoms with van der Waals surface area (Å²) >= 11 is 8.63. The highest BCUT2D eigenvalue weighted by Crippen LogP contribution is 2.27. The fourth-order valence-corrected chi connectivity index (χ4v) is 3.64. The molecule has 1 fully saturated rings. The van der Waals surface area contributed by atoms with Crippen molar-refractivity contribution in [2.75, 3.05) is 4.90 Å². The molecule has 0 bridgehead atoms. The molecule has 3 aromatic carbocycles. The number of amides is 2. The van der Waals surface area contributed by atoms with Crippen molar-refractivity contribution in [3.63, 3.8) is 0 Å². The number of para-hydroxylation sites is 1. The molecular formula is C23H15BrN2O3S. The van der Waals surface area contributed by atoms with Gasteiger partial charge in [0.05, 0.1) is 5.69 Å². The van der Waals surface area contributed by atoms with E-state index in [1.807, 2.05) is 54.6 Å². The maximum Gasteiger partial charge on any atom is 0.270 e. The van der Waals surface area contributed by atoms with Crippen LogP contribution in [0.3, 0.4) is 0 Å². The number of carbonyl (C=O) groups is 2. The Bertz CT molecular complexity index is 1160. The van der Waals surface area contributed by atoms with Crippen molar-refractivity contribution in [2.24, 2.45) is 0 Å². The van der Waals surface area contributed by atoms with E-state index in [-0.39, 0.29) is 10.7 Å². The quantitative estimate of drug-likeness (QED) is 0.323. The molecule has 2 amide bonds. The lowest BCUT2D eigenvalue weighted by Crippen LogP contribution is -2.54. The molecule has 1 aliphatic heterocycles. The number of thiocarbonyl (C=S) groups is 1. The molecule has 1 heterocycles. The van der Waals surface area contributed by atoms with Gasteiger partial charge in [0.25, 0.3) is 11.8 Å². The van der Waals surface area contributed by atoms with Crippen LogP contribution in [0.4, 0.5) is 5.69 Å². The van der Waals surface area contributed by atoms with Crippen molar-refractivity contribution in [1.82, 2.24) is 5.32 Å². The van der Waals surface area contributed by atoms with Gasteiger partial charge in [-0.05, 0) is 72.4 Å². The van der Waals surface area contributed by atoms with Gasteiger partial charge in [-0.25, -0.2) is 0 Å². The summed E-state index contributed by atoms with van der Waals surface area (Å²) in [5.41, 5.74) is 1.26. The van der Waals surface area contributed by atoms with Crippen LogP contribution in [0.2, 0.25) is 0 Å². The first-order chi connectivity index (χ1) is 14.5. The average Bonchev–Trinajstić information content (AvgIpc) is 2.73. The number of nitrogens with zero attached hydrogens (tertiary/aromatic N) is 1. The standard InChI is InChI=1S/C23H15BrN2O3S/c24-16-6-4-5-15(13-16)14-20-21(27)25-23(30)26(22(20)28)17-9-11-19(12-10-17)29-18-7-2-1-3-8-18/h1-14H,(H,25,27,30)/b20-14+. The van der Waals surface area contributed by atoms with Gasteiger partial charge in [0.1, 0.15) is 17.1 Å². The number of hydrogen-bond donors (Lipinski definition) is 1. The Hall–Kier alpha value is -3.29. The van der Waals surface area contributed by atoms with E-state index in [2.05, 4.69) is 21.2 Å². The van der Waals surface area contributed by atoms with E-state index in [0.29, 0.717) is 17.2 Å². The Labute approximate surface area is 187 Å². The second-order valence-corrected chi connectivity index (χ2v) is 7.72. The van der Waals surface area contributed by atoms with Crippen molar-refractivity contribution in [1.29, 1.82) is 0 Å². The van der Waals surface area contributed by atoms with Gasteiger partial charge in [-0.1, -0.05) is 46.3 Å². The summed E-state index contributed by atoms with van der Waals surface area (Å²) in [5.74, 6) is 0.321. The molecule has 7 heteroatoms. The third-order valence-corrected chi connectivity index (χ3v) is 5.11. The normalized spacial score (nSPS) is 15.3. The molecule has 0 atom stereocenters. The third-order valence-electron chi connectivity index (χ3n) is 4.34. The van der Waals surface area contributed by atoms with Gasteiger partial charge in [0.15, 0.2) is 5.11 Å². The fraction of sp³-hybridized carbons (Fsp3) is 0. The summed E-state index contributed by atoms with van der Waals surface area (Å²) in [4.78, 5) is 26.8. The van der Waals surface area contributed by atoms with Gasteiger partial charge >= 0.3 is 0 Å². The second kappa shape index (κ2) is 8.61. The molecule has 0 saturated carbocycles. The smallest absolute Gasteiger partial charge is 0.270 e. The van der Waals surface area contributed by atoms with E-state index in [1.165, 1.54) is 4.90 Å². The molecule has 0 aromatic heterocycles. The number of hydrogen-bond acceptors (Lipinski definition) is 4. The minimum atomic E-state index is -0.523. The SMILES string of the molecule is O=C1NC(=S)N(c2ccc(Oc3ccccc3)cc2)C(=O)/C1=C/c1cccc(Br)c1. The summed E-state index contributed by atoms with van der Waals surface area (Å²) in [7, 11) is 0. The van der Waals surface area contributed by atoms with Gasteiger partial charge in [-0.2, -0.15) is 0 Å². The van der Waals surface area contributed by atoms with Crippen LogP contribution in [0.25, 0.3) is 6.08 Å². The molecule has 30 heavy (non-hydrogen) atoms. The minimum Gasteiger partial charge on any atom is -0.457 e. The van der Waals surface area contributed by atoms with Crippen LogP contribution in [-0.2, 0) is 9.59 Å². The first-order valence-electron chi connectivity index (χ1n) is 9.01. The van der Waals surface area contributed by atoms with Crippen molar-refractivity contribution < 1.29 is 14.3 Å². The molecule has 0 spiro atoms. The first kappa shape index (κ1) is 20.0. The Morgan fingerprint density at radius 3 is 2.30 bits per heavy atom. The molecule has 0 aliphatic carbocycles. The van der Waals surface area contributed by atoms with Crippen LogP contribution >= 0.6 is 28.1 Å². The number of anilines is 1. The van der Waals surface area contributed by atoms with E-state index < -0.39 is 11.8 Å². The van der Waals surface area contributed by atoms with Gasteiger partial charge in [0.2, 0.25) is 0 Å². The number of rotatable bonds is 4. The Kier molecular flexibility index (Phi) is 5.74. The zero-order chi connectivity index (χ0) is 21.1. The lowest BCUT2D eigenvalue weighted by molar-refractivity contribution is -0.122. The van der Waals surface area contributed by atoms with Crippen molar-refractivity contribution in [3.05, 3.63) is 94.5 Å². The highest BCUT2D eigenvalue weighted by molar-refractivity contribution is 9.10. The summed E-state index contributed by atoms with van der Waals surface area (Å²) in [6, 6.07) is 23.6. The van der Waals surface area contributed by atoms with E-state index >= 15 is 0 Å². The van der Waals surface area contributed by atoms with Gasteiger partial charge < -0.3 is 4.74 Å². The maximum absolute atomic E-state index is 13.1. The van der Waals surface area contributed by atoms with E-state index in [4.69, 9.17) is 17.0 Å². The van der Waals surface area contributed by atoms with Crippen LogP contribution in [0.15, 0.2) is 88.9 Å². The van der Waals surface area contributed by atoms with E-state index in [0.717, 1.165) is 10.0 Å². The lowest BCUT2D eigenvalue weighted by atomic mass is 10.1. The molecule has 0 radical (unpaired) electrons. The number of nitrogens with one attached hydrogen (secondary N) is 1. The predicted octanol–water partition coefficient (Wildman–Crippen LogP) is 5.07. The molecule has 1 aliphatic rings. The molecule has 1 saturated heterocycles. The molecule has 5 nitrogen and oxygen atoms in total. The average molecular weight is 479 g/mol. The van der Waals surface area contributed by atoms with Gasteiger partial charge in [-0.3, -0.25) is 19.8 Å². The third kappa shape index (κ3) is 4.32. The van der Waals surface area contributed by atoms with Gasteiger partial charge in [-0.15, -0.1) is 0 Å². The molecule has 0 unspecified atom stereocenters. The first-order valence-corrected chi connectivity index (χ1v) is 10.2. The molecule has 1 N–H and O–H groups in total. The zero-order valence-electron chi connectivity index (χ0n) is 15.5. The Morgan fingerprint density at radius 2 is 1.60 bits per heavy atom. The zero-order valence-corrected chi connectivity index (χ0v) is 17.9. The van der Waals surface area contributed by atoms with Gasteiger partial charge in [0, 0.05) is 4.47 Å². The lowest BCUT2D eigenvalue weighted by Gasteiger charge is -2.29. The molecule has 3 aromatic rings. The van der Waals surface area contributed by atoms with Crippen LogP contribution in [0, 0.1) is 0 Å². The van der Waals surface area contributed by atoms with Crippen LogP contribution in [0.1, 0.15) is 5.56 Å². The molecular weight excluding hydrogens is 464 g/mol. The van der Waals surface area contributed by atoms with Crippen molar-refractivity contribution in [3.8, 4) is 11.5 Å². The van der Waals surface area contributed by atoms with Crippen molar-refractivity contribution >= 4 is 56.8 Å². The highest BCUT2D eigenvalue weighted by atomic mass is 79.9. The van der Waals surface area contributed by atoms with Crippen LogP contribution < -0.4 is 15.0 Å². The van der Waals surface area contributed by atoms with Crippen LogP contribution in [0.5, 0.6) is 11.5 Å². The predicted molar refractivity (Wildman–Crippen MR) is 123 cm³/mol. The fourth-order valence-electron chi connectivity index (χ4n) is 2.94. The maximum atomic E-state index is 13.1. The van der Waals surface area contributed by atoms with Crippen LogP contribution in [-0.4, -0.2) is 16.9 Å². The summed E-state index contributed by atoms with van der Waals surface area (Å²) < 4.78 is 6.63. The number of carbonyl (C=O) groups excluding carboxylic acids is 2. The summed E-state index contributed by atoms with van der Waals surface area (Å²) in [5, 5.41) is 2.62. The number of ether oxygens (including phenoxy) is 1. The summed E-state index contributed by atoms with van der Waals surface area (Å²) in [6.07, 6.45) is 1.55. The highest BCUT2D eigenvalue weighted by Gasteiger charge is 2.34. The van der Waals surface area contributed by atoms with E-state index in [9.17, 15) is 9.59 Å². The number of benzene rings is 3. The largest absolute Gasteiger partial charge is 0.457 e. The molecule has 4 rings (SSSR count).